The first kappa shape index (κ1) is 20.1. The molecular weight excluding hydrogens is 352 g/mol. The molecule has 5 nitrogen and oxygen atoms in total. The Labute approximate surface area is 167 Å². The Morgan fingerprint density at radius 2 is 1.93 bits per heavy atom. The average molecular weight is 380 g/mol. The van der Waals surface area contributed by atoms with Gasteiger partial charge in [0, 0.05) is 25.5 Å². The number of hydrogen-bond acceptors (Lipinski definition) is 4. The molecule has 5 heteroatoms. The van der Waals surface area contributed by atoms with E-state index in [-0.39, 0.29) is 5.91 Å². The fraction of sp³-hybridized carbons (Fsp3) is 0.391. The molecule has 0 spiro atoms. The molecule has 2 aromatic carbocycles. The van der Waals surface area contributed by atoms with Crippen LogP contribution in [0.2, 0.25) is 0 Å². The lowest BCUT2D eigenvalue weighted by Crippen LogP contribution is -2.46. The largest absolute Gasteiger partial charge is 0.497 e. The third-order valence-corrected chi connectivity index (χ3v) is 5.07. The topological polar surface area (TPSA) is 51.1 Å². The van der Waals surface area contributed by atoms with E-state index in [0.29, 0.717) is 19.4 Å². The first-order chi connectivity index (χ1) is 13.6. The highest BCUT2D eigenvalue weighted by atomic mass is 16.5. The number of hydrogen-bond donors (Lipinski definition) is 0. The Morgan fingerprint density at radius 1 is 1.14 bits per heavy atom. The molecule has 1 atom stereocenters. The normalized spacial score (nSPS) is 18.8. The standard InChI is InChI=1S/C23H28N2O3/c1-23(17-27-2)16-21(19-12-8-13-20(15-19)28-3)24-25(23)22(26)14-7-11-18-9-5-4-6-10-18/h4-6,8-10,12-13,15H,7,11,14,16-17H2,1-3H3. The molecule has 1 aliphatic rings. The van der Waals surface area contributed by atoms with Crippen LogP contribution >= 0.6 is 0 Å². The molecule has 0 bridgehead atoms. The van der Waals surface area contributed by atoms with E-state index < -0.39 is 5.54 Å². The van der Waals surface area contributed by atoms with Crippen molar-refractivity contribution in [3.63, 3.8) is 0 Å². The molecule has 0 fully saturated rings. The van der Waals surface area contributed by atoms with E-state index in [1.165, 1.54) is 5.56 Å². The van der Waals surface area contributed by atoms with Gasteiger partial charge in [-0.3, -0.25) is 4.79 Å². The highest BCUT2D eigenvalue weighted by molar-refractivity contribution is 6.03. The van der Waals surface area contributed by atoms with Gasteiger partial charge in [0.2, 0.25) is 5.91 Å². The maximum Gasteiger partial charge on any atom is 0.243 e. The lowest BCUT2D eigenvalue weighted by molar-refractivity contribution is -0.138. The zero-order chi connectivity index (χ0) is 20.0. The summed E-state index contributed by atoms with van der Waals surface area (Å²) in [4.78, 5) is 13.0. The third kappa shape index (κ3) is 4.60. The molecule has 0 N–H and O–H groups in total. The van der Waals surface area contributed by atoms with Gasteiger partial charge >= 0.3 is 0 Å². The molecule has 0 radical (unpaired) electrons. The van der Waals surface area contributed by atoms with Gasteiger partial charge in [-0.25, -0.2) is 5.01 Å². The van der Waals surface area contributed by atoms with Crippen molar-refractivity contribution in [1.82, 2.24) is 5.01 Å². The van der Waals surface area contributed by atoms with Crippen molar-refractivity contribution in [3.05, 3.63) is 65.7 Å². The number of carbonyl (C=O) groups is 1. The van der Waals surface area contributed by atoms with Crippen LogP contribution < -0.4 is 4.74 Å². The van der Waals surface area contributed by atoms with Crippen LogP contribution in [0.4, 0.5) is 0 Å². The van der Waals surface area contributed by atoms with Gasteiger partial charge in [0.1, 0.15) is 5.75 Å². The fourth-order valence-electron chi connectivity index (χ4n) is 3.65. The molecular formula is C23H28N2O3. The molecule has 0 saturated heterocycles. The summed E-state index contributed by atoms with van der Waals surface area (Å²) < 4.78 is 10.7. The number of aryl methyl sites for hydroxylation is 1. The maximum atomic E-state index is 13.0. The van der Waals surface area contributed by atoms with E-state index in [4.69, 9.17) is 14.6 Å². The molecule has 2 aromatic rings. The van der Waals surface area contributed by atoms with Crippen molar-refractivity contribution in [2.75, 3.05) is 20.8 Å². The summed E-state index contributed by atoms with van der Waals surface area (Å²) in [6.45, 7) is 2.47. The van der Waals surface area contributed by atoms with E-state index in [1.807, 2.05) is 49.4 Å². The Morgan fingerprint density at radius 3 is 2.64 bits per heavy atom. The lowest BCUT2D eigenvalue weighted by atomic mass is 9.93. The molecule has 0 saturated carbocycles. The SMILES string of the molecule is COCC1(C)CC(c2cccc(OC)c2)=NN1C(=O)CCCc1ccccc1. The third-order valence-electron chi connectivity index (χ3n) is 5.07. The van der Waals surface area contributed by atoms with Gasteiger partial charge in [-0.05, 0) is 37.5 Å². The van der Waals surface area contributed by atoms with E-state index in [1.54, 1.807) is 19.2 Å². The summed E-state index contributed by atoms with van der Waals surface area (Å²) in [5.41, 5.74) is 2.63. The molecule has 0 aliphatic carbocycles. The second-order valence-electron chi connectivity index (χ2n) is 7.43. The van der Waals surface area contributed by atoms with Gasteiger partial charge in [-0.2, -0.15) is 5.10 Å². The highest BCUT2D eigenvalue weighted by Crippen LogP contribution is 2.32. The van der Waals surface area contributed by atoms with Gasteiger partial charge in [-0.15, -0.1) is 0 Å². The summed E-state index contributed by atoms with van der Waals surface area (Å²) in [5.74, 6) is 0.814. The van der Waals surface area contributed by atoms with Crippen LogP contribution in [0.3, 0.4) is 0 Å². The molecule has 1 amide bonds. The first-order valence-corrected chi connectivity index (χ1v) is 9.63. The van der Waals surface area contributed by atoms with Crippen LogP contribution in [0.5, 0.6) is 5.75 Å². The molecule has 0 aromatic heterocycles. The number of amides is 1. The van der Waals surface area contributed by atoms with Gasteiger partial charge in [-0.1, -0.05) is 42.5 Å². The summed E-state index contributed by atoms with van der Waals surface area (Å²) in [6, 6.07) is 18.0. The van der Waals surface area contributed by atoms with Crippen molar-refractivity contribution in [2.24, 2.45) is 5.10 Å². The first-order valence-electron chi connectivity index (χ1n) is 9.63. The number of methoxy groups -OCH3 is 2. The van der Waals surface area contributed by atoms with E-state index in [2.05, 4.69) is 12.1 Å². The number of carbonyl (C=O) groups excluding carboxylic acids is 1. The Kier molecular flexibility index (Phi) is 6.47. The monoisotopic (exact) mass is 380 g/mol. The minimum atomic E-state index is -0.475. The van der Waals surface area contributed by atoms with Crippen LogP contribution in [0.25, 0.3) is 0 Å². The van der Waals surface area contributed by atoms with Gasteiger partial charge in [0.15, 0.2) is 0 Å². The second-order valence-corrected chi connectivity index (χ2v) is 7.43. The average Bonchev–Trinajstić information content (AvgIpc) is 3.06. The summed E-state index contributed by atoms with van der Waals surface area (Å²) in [5, 5.41) is 6.33. The number of rotatable bonds is 8. The molecule has 1 aliphatic heterocycles. The van der Waals surface area contributed by atoms with Crippen LogP contribution in [0, 0.1) is 0 Å². The fourth-order valence-corrected chi connectivity index (χ4v) is 3.65. The Hall–Kier alpha value is -2.66. The van der Waals surface area contributed by atoms with Crippen molar-refractivity contribution in [2.45, 2.75) is 38.1 Å². The quantitative estimate of drug-likeness (QED) is 0.694. The number of nitrogens with zero attached hydrogens (tertiary/aromatic N) is 2. The van der Waals surface area contributed by atoms with Gasteiger partial charge in [0.05, 0.1) is 25.0 Å². The zero-order valence-corrected chi connectivity index (χ0v) is 16.9. The van der Waals surface area contributed by atoms with Gasteiger partial charge < -0.3 is 9.47 Å². The van der Waals surface area contributed by atoms with E-state index >= 15 is 0 Å². The predicted molar refractivity (Wildman–Crippen MR) is 111 cm³/mol. The number of ether oxygens (including phenoxy) is 2. The minimum Gasteiger partial charge on any atom is -0.497 e. The summed E-state index contributed by atoms with van der Waals surface area (Å²) >= 11 is 0. The Balaban J connectivity index is 1.73. The molecule has 3 rings (SSSR count). The van der Waals surface area contributed by atoms with Gasteiger partial charge in [0.25, 0.3) is 0 Å². The van der Waals surface area contributed by atoms with Crippen LogP contribution in [0.15, 0.2) is 59.7 Å². The number of benzene rings is 2. The highest BCUT2D eigenvalue weighted by Gasteiger charge is 2.42. The zero-order valence-electron chi connectivity index (χ0n) is 16.9. The van der Waals surface area contributed by atoms with Crippen molar-refractivity contribution in [3.8, 4) is 5.75 Å². The predicted octanol–water partition coefficient (Wildman–Crippen LogP) is 4.06. The van der Waals surface area contributed by atoms with E-state index in [9.17, 15) is 4.79 Å². The molecule has 1 heterocycles. The lowest BCUT2D eigenvalue weighted by Gasteiger charge is -2.32. The van der Waals surface area contributed by atoms with Crippen molar-refractivity contribution < 1.29 is 14.3 Å². The molecule has 1 unspecified atom stereocenters. The Bertz CT molecular complexity index is 835. The number of hydrazone groups is 1. The second kappa shape index (κ2) is 9.02. The molecule has 28 heavy (non-hydrogen) atoms. The van der Waals surface area contributed by atoms with Crippen molar-refractivity contribution >= 4 is 11.6 Å². The smallest absolute Gasteiger partial charge is 0.243 e. The van der Waals surface area contributed by atoms with Crippen molar-refractivity contribution in [1.29, 1.82) is 0 Å². The minimum absolute atomic E-state index is 0.0355. The van der Waals surface area contributed by atoms with Crippen LogP contribution in [0.1, 0.15) is 37.3 Å². The van der Waals surface area contributed by atoms with Crippen LogP contribution in [-0.4, -0.2) is 43.0 Å². The molecule has 148 valence electrons. The van der Waals surface area contributed by atoms with E-state index in [0.717, 1.165) is 29.9 Å². The van der Waals surface area contributed by atoms with Crippen LogP contribution in [-0.2, 0) is 16.0 Å². The maximum absolute atomic E-state index is 13.0. The summed E-state index contributed by atoms with van der Waals surface area (Å²) in [6.07, 6.45) is 2.79. The summed E-state index contributed by atoms with van der Waals surface area (Å²) in [7, 11) is 3.31.